The number of hydrogen-bond donors (Lipinski definition) is 0. The summed E-state index contributed by atoms with van der Waals surface area (Å²) in [6, 6.07) is 12.0. The van der Waals surface area contributed by atoms with Crippen molar-refractivity contribution in [1.29, 1.82) is 0 Å². The molecule has 0 amide bonds. The number of benzene rings is 2. The molecule has 27 heavy (non-hydrogen) atoms. The zero-order chi connectivity index (χ0) is 19.4. The van der Waals surface area contributed by atoms with Gasteiger partial charge in [-0.1, -0.05) is 32.7 Å². The fourth-order valence-corrected chi connectivity index (χ4v) is 2.93. The van der Waals surface area contributed by atoms with Gasteiger partial charge in [0.25, 0.3) is 0 Å². The summed E-state index contributed by atoms with van der Waals surface area (Å²) in [6.45, 7) is -0.0432. The van der Waals surface area contributed by atoms with Crippen LogP contribution >= 0.6 is 27.5 Å². The number of nitrogens with zero attached hydrogens (tertiary/aromatic N) is 1. The number of methoxy groups -OCH3 is 2. The summed E-state index contributed by atoms with van der Waals surface area (Å²) in [5.41, 5.74) is 1.50. The van der Waals surface area contributed by atoms with Gasteiger partial charge in [-0.3, -0.25) is 0 Å². The van der Waals surface area contributed by atoms with Crippen molar-refractivity contribution in [3.63, 3.8) is 0 Å². The number of carbonyl (C=O) groups is 1. The van der Waals surface area contributed by atoms with E-state index in [1.165, 1.54) is 0 Å². The van der Waals surface area contributed by atoms with Gasteiger partial charge >= 0.3 is 5.97 Å². The topological polar surface area (TPSA) is 70.8 Å². The van der Waals surface area contributed by atoms with Gasteiger partial charge in [0.05, 0.1) is 24.8 Å². The average molecular weight is 453 g/mol. The Kier molecular flexibility index (Phi) is 6.03. The lowest BCUT2D eigenvalue weighted by Gasteiger charge is -2.07. The van der Waals surface area contributed by atoms with E-state index in [9.17, 15) is 4.79 Å². The van der Waals surface area contributed by atoms with E-state index >= 15 is 0 Å². The predicted molar refractivity (Wildman–Crippen MR) is 103 cm³/mol. The summed E-state index contributed by atoms with van der Waals surface area (Å²) in [5, 5.41) is 4.24. The van der Waals surface area contributed by atoms with E-state index in [4.69, 9.17) is 30.3 Å². The van der Waals surface area contributed by atoms with Crippen LogP contribution in [0, 0.1) is 0 Å². The second kappa shape index (κ2) is 8.45. The maximum atomic E-state index is 12.2. The van der Waals surface area contributed by atoms with Crippen LogP contribution in [0.5, 0.6) is 11.5 Å². The molecule has 0 aliphatic heterocycles. The van der Waals surface area contributed by atoms with Crippen molar-refractivity contribution in [2.24, 2.45) is 0 Å². The number of esters is 1. The van der Waals surface area contributed by atoms with E-state index in [1.54, 1.807) is 50.6 Å². The predicted octanol–water partition coefficient (Wildman–Crippen LogP) is 5.13. The fraction of sp³-hybridized carbons (Fsp3) is 0.158. The van der Waals surface area contributed by atoms with Gasteiger partial charge in [0.1, 0.15) is 12.3 Å². The van der Waals surface area contributed by atoms with Crippen molar-refractivity contribution in [3.05, 3.63) is 63.2 Å². The molecule has 1 heterocycles. The van der Waals surface area contributed by atoms with E-state index in [-0.39, 0.29) is 12.2 Å². The van der Waals surface area contributed by atoms with Crippen molar-refractivity contribution < 1.29 is 23.5 Å². The highest BCUT2D eigenvalue weighted by atomic mass is 79.9. The van der Waals surface area contributed by atoms with Crippen LogP contribution in [-0.2, 0) is 11.3 Å². The first kappa shape index (κ1) is 19.3. The standard InChI is InChI=1S/C19H15BrClNO5/c1-24-16-6-3-11(7-18(16)25-2)17-9-13(22-27-17)10-26-19(23)14-8-12(20)4-5-15(14)21/h3-9H,10H2,1-2H3. The van der Waals surface area contributed by atoms with E-state index < -0.39 is 5.97 Å². The molecule has 0 saturated heterocycles. The molecular formula is C19H15BrClNO5. The molecule has 6 nitrogen and oxygen atoms in total. The Balaban J connectivity index is 1.71. The second-order valence-corrected chi connectivity index (χ2v) is 6.78. The zero-order valence-electron chi connectivity index (χ0n) is 14.5. The van der Waals surface area contributed by atoms with Gasteiger partial charge in [0.2, 0.25) is 0 Å². The van der Waals surface area contributed by atoms with Gasteiger partial charge in [-0.2, -0.15) is 0 Å². The first-order chi connectivity index (χ1) is 13.0. The highest BCUT2D eigenvalue weighted by Gasteiger charge is 2.15. The minimum absolute atomic E-state index is 0.0432. The first-order valence-corrected chi connectivity index (χ1v) is 8.99. The van der Waals surface area contributed by atoms with E-state index in [2.05, 4.69) is 21.1 Å². The lowest BCUT2D eigenvalue weighted by atomic mass is 10.1. The molecule has 2 aromatic carbocycles. The summed E-state index contributed by atoms with van der Waals surface area (Å²) in [6.07, 6.45) is 0. The monoisotopic (exact) mass is 451 g/mol. The minimum atomic E-state index is -0.544. The molecule has 3 aromatic rings. The Labute approximate surface area is 169 Å². The maximum absolute atomic E-state index is 12.2. The number of rotatable bonds is 6. The summed E-state index contributed by atoms with van der Waals surface area (Å²) < 4.78 is 21.8. The van der Waals surface area contributed by atoms with Gasteiger partial charge in [-0.15, -0.1) is 0 Å². The molecule has 0 spiro atoms. The van der Waals surface area contributed by atoms with Gasteiger partial charge in [0, 0.05) is 16.1 Å². The van der Waals surface area contributed by atoms with Crippen LogP contribution in [0.25, 0.3) is 11.3 Å². The van der Waals surface area contributed by atoms with Crippen molar-refractivity contribution in [2.75, 3.05) is 14.2 Å². The number of hydrogen-bond acceptors (Lipinski definition) is 6. The molecule has 0 atom stereocenters. The molecule has 0 aliphatic rings. The minimum Gasteiger partial charge on any atom is -0.493 e. The number of carbonyl (C=O) groups excluding carboxylic acids is 1. The van der Waals surface area contributed by atoms with Crippen LogP contribution in [0.2, 0.25) is 5.02 Å². The van der Waals surface area contributed by atoms with Gasteiger partial charge in [-0.25, -0.2) is 4.79 Å². The Bertz CT molecular complexity index is 972. The Hall–Kier alpha value is -2.51. The molecule has 0 N–H and O–H groups in total. The Morgan fingerprint density at radius 2 is 1.89 bits per heavy atom. The average Bonchev–Trinajstić information content (AvgIpc) is 3.16. The molecule has 3 rings (SSSR count). The Morgan fingerprint density at radius 3 is 2.63 bits per heavy atom. The normalized spacial score (nSPS) is 10.5. The summed E-state index contributed by atoms with van der Waals surface area (Å²) >= 11 is 9.33. The van der Waals surface area contributed by atoms with Crippen LogP contribution in [0.15, 0.2) is 51.5 Å². The number of aromatic nitrogens is 1. The lowest BCUT2D eigenvalue weighted by molar-refractivity contribution is 0.0464. The van der Waals surface area contributed by atoms with Gasteiger partial charge < -0.3 is 18.7 Å². The van der Waals surface area contributed by atoms with Crippen LogP contribution in [0.3, 0.4) is 0 Å². The van der Waals surface area contributed by atoms with Crippen LogP contribution < -0.4 is 9.47 Å². The molecule has 0 bridgehead atoms. The summed E-state index contributed by atoms with van der Waals surface area (Å²) in [5.74, 6) is 1.16. The molecule has 0 unspecified atom stereocenters. The molecule has 0 fully saturated rings. The van der Waals surface area contributed by atoms with E-state index in [1.807, 2.05) is 6.07 Å². The molecule has 1 aromatic heterocycles. The fourth-order valence-electron chi connectivity index (χ4n) is 2.38. The van der Waals surface area contributed by atoms with Crippen molar-refractivity contribution in [3.8, 4) is 22.8 Å². The van der Waals surface area contributed by atoms with Gasteiger partial charge in [0.15, 0.2) is 17.3 Å². The molecule has 0 radical (unpaired) electrons. The third kappa shape index (κ3) is 4.43. The maximum Gasteiger partial charge on any atom is 0.340 e. The van der Waals surface area contributed by atoms with Gasteiger partial charge in [-0.05, 0) is 36.4 Å². The van der Waals surface area contributed by atoms with Crippen LogP contribution in [-0.4, -0.2) is 25.3 Å². The quantitative estimate of drug-likeness (QED) is 0.483. The largest absolute Gasteiger partial charge is 0.493 e. The lowest BCUT2D eigenvalue weighted by Crippen LogP contribution is -2.06. The molecular weight excluding hydrogens is 438 g/mol. The highest BCUT2D eigenvalue weighted by Crippen LogP contribution is 2.32. The van der Waals surface area contributed by atoms with E-state index in [0.717, 1.165) is 10.0 Å². The van der Waals surface area contributed by atoms with Crippen molar-refractivity contribution in [1.82, 2.24) is 5.16 Å². The zero-order valence-corrected chi connectivity index (χ0v) is 16.8. The molecule has 0 saturated carbocycles. The van der Waals surface area contributed by atoms with Crippen molar-refractivity contribution in [2.45, 2.75) is 6.61 Å². The molecule has 140 valence electrons. The SMILES string of the molecule is COc1ccc(-c2cc(COC(=O)c3cc(Br)ccc3Cl)no2)cc1OC. The van der Waals surface area contributed by atoms with Crippen molar-refractivity contribution >= 4 is 33.5 Å². The third-order valence-electron chi connectivity index (χ3n) is 3.73. The smallest absolute Gasteiger partial charge is 0.340 e. The number of halogens is 2. The molecule has 8 heteroatoms. The van der Waals surface area contributed by atoms with Crippen LogP contribution in [0.4, 0.5) is 0 Å². The van der Waals surface area contributed by atoms with E-state index in [0.29, 0.717) is 28.0 Å². The number of ether oxygens (including phenoxy) is 3. The van der Waals surface area contributed by atoms with Crippen LogP contribution in [0.1, 0.15) is 16.1 Å². The second-order valence-electron chi connectivity index (χ2n) is 5.45. The first-order valence-electron chi connectivity index (χ1n) is 7.82. The summed E-state index contributed by atoms with van der Waals surface area (Å²) in [7, 11) is 3.12. The third-order valence-corrected chi connectivity index (χ3v) is 4.55. The molecule has 0 aliphatic carbocycles. The summed E-state index contributed by atoms with van der Waals surface area (Å²) in [4.78, 5) is 12.2. The Morgan fingerprint density at radius 1 is 1.11 bits per heavy atom. The highest BCUT2D eigenvalue weighted by molar-refractivity contribution is 9.10.